The van der Waals surface area contributed by atoms with E-state index in [4.69, 9.17) is 0 Å². The molecular weight excluding hydrogens is 192 g/mol. The van der Waals surface area contributed by atoms with Crippen LogP contribution in [0.4, 0.5) is 0 Å². The second kappa shape index (κ2) is 4.25. The first kappa shape index (κ1) is 11.4. The van der Waals surface area contributed by atoms with Crippen molar-refractivity contribution >= 4 is 9.28 Å². The van der Waals surface area contributed by atoms with Crippen molar-refractivity contribution < 1.29 is 9.59 Å². The third-order valence-electron chi connectivity index (χ3n) is 2.39. The van der Waals surface area contributed by atoms with Gasteiger partial charge in [-0.25, -0.2) is 0 Å². The first-order valence-corrected chi connectivity index (χ1v) is 6.54. The minimum Gasteiger partial charge on any atom is -0.413 e. The van der Waals surface area contributed by atoms with Crippen LogP contribution in [-0.2, 0) is 0 Å². The Morgan fingerprint density at radius 3 is 1.93 bits per heavy atom. The van der Waals surface area contributed by atoms with Crippen LogP contribution in [0.15, 0.2) is 30.3 Å². The maximum absolute atomic E-state index is 9.50. The van der Waals surface area contributed by atoms with Gasteiger partial charge in [-0.15, -0.1) is 0 Å². The Hall–Kier alpha value is -0.643. The van der Waals surface area contributed by atoms with Gasteiger partial charge >= 0.3 is 9.28 Å². The molecule has 0 saturated heterocycles. The van der Waals surface area contributed by atoms with Gasteiger partial charge in [0.05, 0.1) is 0 Å². The Balaban J connectivity index is 3.02. The van der Waals surface area contributed by atoms with E-state index in [2.05, 4.69) is 0 Å². The molecule has 0 aromatic heterocycles. The van der Waals surface area contributed by atoms with Crippen LogP contribution in [0.2, 0.25) is 0 Å². The number of hydrogen-bond donors (Lipinski definition) is 2. The van der Waals surface area contributed by atoms with E-state index >= 15 is 0 Å². The maximum Gasteiger partial charge on any atom is 0.324 e. The molecule has 0 aliphatic rings. The molecule has 0 fully saturated rings. The predicted octanol–water partition coefficient (Wildman–Crippen LogP) is 1.56. The molecule has 1 unspecified atom stereocenters. The third kappa shape index (κ3) is 2.67. The second-order valence-electron chi connectivity index (χ2n) is 4.67. The summed E-state index contributed by atoms with van der Waals surface area (Å²) in [6, 6.07) is 9.73. The Labute approximate surface area is 87.1 Å². The second-order valence-corrected chi connectivity index (χ2v) is 6.16. The summed E-state index contributed by atoms with van der Waals surface area (Å²) >= 11 is 0. The van der Waals surface area contributed by atoms with Gasteiger partial charge < -0.3 is 9.59 Å². The van der Waals surface area contributed by atoms with Crippen molar-refractivity contribution in [2.75, 3.05) is 0 Å². The molecule has 0 spiro atoms. The van der Waals surface area contributed by atoms with E-state index < -0.39 is 9.28 Å². The average Bonchev–Trinajstić information content (AvgIpc) is 2.02. The molecule has 0 aliphatic heterocycles. The lowest BCUT2D eigenvalue weighted by molar-refractivity contribution is 0.303. The largest absolute Gasteiger partial charge is 0.413 e. The lowest BCUT2D eigenvalue weighted by atomic mass is 9.87. The molecule has 78 valence electrons. The number of benzene rings is 1. The van der Waals surface area contributed by atoms with E-state index in [0.29, 0.717) is 0 Å². The first-order chi connectivity index (χ1) is 6.43. The normalized spacial score (nSPS) is 14.4. The van der Waals surface area contributed by atoms with Crippen molar-refractivity contribution in [3.05, 3.63) is 35.9 Å². The third-order valence-corrected chi connectivity index (χ3v) is 4.37. The zero-order valence-corrected chi connectivity index (χ0v) is 10.1. The van der Waals surface area contributed by atoms with E-state index in [-0.39, 0.29) is 11.0 Å². The molecule has 0 radical (unpaired) electrons. The Kier molecular flexibility index (Phi) is 3.47. The smallest absolute Gasteiger partial charge is 0.324 e. The standard InChI is InChI=1S/C11H18O2Si/c1-11(2,3)10(14(12)13)9-7-5-4-6-8-9/h4-8,10,12-14H,1-3H3. The van der Waals surface area contributed by atoms with Gasteiger partial charge in [0.2, 0.25) is 0 Å². The van der Waals surface area contributed by atoms with Crippen LogP contribution in [0.3, 0.4) is 0 Å². The van der Waals surface area contributed by atoms with Crippen molar-refractivity contribution in [3.8, 4) is 0 Å². The fourth-order valence-corrected chi connectivity index (χ4v) is 3.24. The molecular formula is C11H18O2Si. The highest BCUT2D eigenvalue weighted by Gasteiger charge is 2.33. The lowest BCUT2D eigenvalue weighted by Crippen LogP contribution is -2.33. The van der Waals surface area contributed by atoms with E-state index in [1.165, 1.54) is 0 Å². The van der Waals surface area contributed by atoms with Gasteiger partial charge in [-0.2, -0.15) is 0 Å². The number of rotatable bonds is 2. The molecule has 1 aromatic rings. The van der Waals surface area contributed by atoms with E-state index in [1.54, 1.807) is 0 Å². The SMILES string of the molecule is CC(C)(C)C(c1ccccc1)[SiH](O)O. The van der Waals surface area contributed by atoms with Crippen LogP contribution in [0.1, 0.15) is 31.9 Å². The number of hydrogen-bond acceptors (Lipinski definition) is 2. The molecule has 0 heterocycles. The van der Waals surface area contributed by atoms with Crippen molar-refractivity contribution in [3.63, 3.8) is 0 Å². The minimum atomic E-state index is -2.64. The zero-order chi connectivity index (χ0) is 10.8. The molecule has 0 bridgehead atoms. The van der Waals surface area contributed by atoms with Gasteiger partial charge in [0.25, 0.3) is 0 Å². The van der Waals surface area contributed by atoms with Gasteiger partial charge in [-0.05, 0) is 11.0 Å². The van der Waals surface area contributed by atoms with Gasteiger partial charge in [0.1, 0.15) is 0 Å². The van der Waals surface area contributed by atoms with E-state index in [1.807, 2.05) is 51.1 Å². The topological polar surface area (TPSA) is 40.5 Å². The molecule has 0 amide bonds. The van der Waals surface area contributed by atoms with Crippen molar-refractivity contribution in [1.29, 1.82) is 0 Å². The summed E-state index contributed by atoms with van der Waals surface area (Å²) in [6.07, 6.45) is 0. The highest BCUT2D eigenvalue weighted by atomic mass is 28.3. The van der Waals surface area contributed by atoms with Gasteiger partial charge in [0, 0.05) is 5.54 Å². The van der Waals surface area contributed by atoms with Crippen molar-refractivity contribution in [2.24, 2.45) is 5.41 Å². The molecule has 3 heteroatoms. The molecule has 14 heavy (non-hydrogen) atoms. The highest BCUT2D eigenvalue weighted by Crippen LogP contribution is 2.35. The van der Waals surface area contributed by atoms with Gasteiger partial charge in [-0.1, -0.05) is 51.1 Å². The van der Waals surface area contributed by atoms with Gasteiger partial charge in [-0.3, -0.25) is 0 Å². The quantitative estimate of drug-likeness (QED) is 0.727. The van der Waals surface area contributed by atoms with Crippen molar-refractivity contribution in [1.82, 2.24) is 0 Å². The van der Waals surface area contributed by atoms with E-state index in [0.717, 1.165) is 5.56 Å². The molecule has 0 saturated carbocycles. The monoisotopic (exact) mass is 210 g/mol. The van der Waals surface area contributed by atoms with Crippen LogP contribution in [0.5, 0.6) is 0 Å². The first-order valence-electron chi connectivity index (χ1n) is 4.84. The zero-order valence-electron chi connectivity index (χ0n) is 8.94. The fraction of sp³-hybridized carbons (Fsp3) is 0.455. The fourth-order valence-electron chi connectivity index (χ4n) is 1.78. The van der Waals surface area contributed by atoms with Crippen LogP contribution in [0, 0.1) is 5.41 Å². The molecule has 1 aromatic carbocycles. The Bertz CT molecular complexity index is 277. The summed E-state index contributed by atoms with van der Waals surface area (Å²) in [5.74, 6) is 0. The maximum atomic E-state index is 9.50. The average molecular weight is 210 g/mol. The molecule has 2 nitrogen and oxygen atoms in total. The minimum absolute atomic E-state index is 0.0955. The van der Waals surface area contributed by atoms with Crippen LogP contribution in [0.25, 0.3) is 0 Å². The molecule has 0 aliphatic carbocycles. The van der Waals surface area contributed by atoms with Crippen LogP contribution >= 0.6 is 0 Å². The summed E-state index contributed by atoms with van der Waals surface area (Å²) in [5, 5.41) is 0. The summed E-state index contributed by atoms with van der Waals surface area (Å²) in [6.45, 7) is 6.12. The lowest BCUT2D eigenvalue weighted by Gasteiger charge is -2.31. The Morgan fingerprint density at radius 2 is 1.57 bits per heavy atom. The van der Waals surface area contributed by atoms with Crippen LogP contribution < -0.4 is 0 Å². The van der Waals surface area contributed by atoms with Crippen molar-refractivity contribution in [2.45, 2.75) is 26.3 Å². The Morgan fingerprint density at radius 1 is 1.07 bits per heavy atom. The predicted molar refractivity (Wildman–Crippen MR) is 60.2 cm³/mol. The molecule has 1 atom stereocenters. The van der Waals surface area contributed by atoms with E-state index in [9.17, 15) is 9.59 Å². The molecule has 1 rings (SSSR count). The highest BCUT2D eigenvalue weighted by molar-refractivity contribution is 6.43. The summed E-state index contributed by atoms with van der Waals surface area (Å²) in [4.78, 5) is 19.0. The van der Waals surface area contributed by atoms with Gasteiger partial charge in [0.15, 0.2) is 0 Å². The van der Waals surface area contributed by atoms with Crippen LogP contribution in [-0.4, -0.2) is 18.9 Å². The summed E-state index contributed by atoms with van der Waals surface area (Å²) in [5.41, 5.74) is 0.826. The molecule has 2 N–H and O–H groups in total. The summed E-state index contributed by atoms with van der Waals surface area (Å²) < 4.78 is 0. The summed E-state index contributed by atoms with van der Waals surface area (Å²) in [7, 11) is -2.64.